The summed E-state index contributed by atoms with van der Waals surface area (Å²) in [7, 11) is 0. The van der Waals surface area contributed by atoms with Crippen molar-refractivity contribution in [3.05, 3.63) is 29.8 Å². The van der Waals surface area contributed by atoms with Gasteiger partial charge in [0.1, 0.15) is 0 Å². The van der Waals surface area contributed by atoms with Gasteiger partial charge in [-0.2, -0.15) is 5.26 Å². The van der Waals surface area contributed by atoms with Crippen molar-refractivity contribution < 1.29 is 9.59 Å². The average molecular weight is 419 g/mol. The van der Waals surface area contributed by atoms with Crippen molar-refractivity contribution in [2.75, 3.05) is 44.2 Å². The number of carbonyl (C=O) groups is 2. The molecule has 2 heterocycles. The molecule has 0 bridgehead atoms. The van der Waals surface area contributed by atoms with E-state index in [0.717, 1.165) is 57.8 Å². The average Bonchev–Trinajstić information content (AvgIpc) is 2.74. The molecule has 2 saturated heterocycles. The summed E-state index contributed by atoms with van der Waals surface area (Å²) in [4.78, 5) is 31.4. The highest BCUT2D eigenvalue weighted by atomic mass is 35.5. The lowest BCUT2D eigenvalue weighted by atomic mass is 9.94. The van der Waals surface area contributed by atoms with Gasteiger partial charge in [-0.15, -0.1) is 12.4 Å². The number of nitriles is 1. The highest BCUT2D eigenvalue weighted by Gasteiger charge is 2.30. The van der Waals surface area contributed by atoms with E-state index < -0.39 is 0 Å². The lowest BCUT2D eigenvalue weighted by molar-refractivity contribution is -0.138. The lowest BCUT2D eigenvalue weighted by Crippen LogP contribution is -2.53. The van der Waals surface area contributed by atoms with Crippen LogP contribution in [0.1, 0.15) is 43.5 Å². The Kier molecular flexibility index (Phi) is 8.48. The van der Waals surface area contributed by atoms with Crippen LogP contribution in [0.2, 0.25) is 0 Å². The second-order valence-electron chi connectivity index (χ2n) is 8.02. The molecule has 0 saturated carbocycles. The molecule has 0 aliphatic carbocycles. The number of piperazine rings is 1. The number of nitrogens with zero attached hydrogens (tertiary/aromatic N) is 4. The van der Waals surface area contributed by atoms with Crippen molar-refractivity contribution in [2.45, 2.75) is 39.2 Å². The van der Waals surface area contributed by atoms with Crippen LogP contribution >= 0.6 is 12.4 Å². The van der Waals surface area contributed by atoms with E-state index in [2.05, 4.69) is 28.5 Å². The summed E-state index contributed by atoms with van der Waals surface area (Å²) >= 11 is 0. The number of hydrogen-bond donors (Lipinski definition) is 0. The van der Waals surface area contributed by atoms with Crippen molar-refractivity contribution in [3.63, 3.8) is 0 Å². The highest BCUT2D eigenvalue weighted by molar-refractivity contribution is 5.97. The molecule has 0 atom stereocenters. The van der Waals surface area contributed by atoms with Crippen LogP contribution in [0.15, 0.2) is 24.3 Å². The summed E-state index contributed by atoms with van der Waals surface area (Å²) in [5, 5.41) is 8.65. The molecule has 7 heteroatoms. The smallest absolute Gasteiger partial charge is 0.225 e. The summed E-state index contributed by atoms with van der Waals surface area (Å²) < 4.78 is 0. The van der Waals surface area contributed by atoms with Crippen LogP contribution in [-0.2, 0) is 4.79 Å². The maximum atomic E-state index is 12.9. The molecular weight excluding hydrogens is 388 g/mol. The van der Waals surface area contributed by atoms with E-state index >= 15 is 0 Å². The third kappa shape index (κ3) is 5.71. The number of anilines is 1. The van der Waals surface area contributed by atoms with E-state index in [1.807, 2.05) is 18.2 Å². The Morgan fingerprint density at radius 2 is 1.62 bits per heavy atom. The molecule has 0 radical (unpaired) electrons. The number of carbonyl (C=O) groups excluding carboxylic acids is 2. The van der Waals surface area contributed by atoms with Crippen molar-refractivity contribution >= 4 is 29.8 Å². The molecule has 0 unspecified atom stereocenters. The minimum Gasteiger partial charge on any atom is -0.371 e. The summed E-state index contributed by atoms with van der Waals surface area (Å²) in [6.45, 7) is 9.75. The number of benzene rings is 1. The standard InChI is InChI=1S/C22H30N4O2.ClH/c1-17(2)24-13-15-26(16-14-24)22(28)19-8-11-25(12-9-19)20-5-3-18(4-6-20)21(27)7-10-23;/h3-6,17,19H,7-9,11-16H2,1-2H3;1H. The molecular formula is C22H31ClN4O2. The van der Waals surface area contributed by atoms with E-state index in [1.54, 1.807) is 12.1 Å². The van der Waals surface area contributed by atoms with Crippen LogP contribution in [0.5, 0.6) is 0 Å². The second-order valence-corrected chi connectivity index (χ2v) is 8.02. The number of piperidine rings is 1. The summed E-state index contributed by atoms with van der Waals surface area (Å²) in [5.74, 6) is 0.301. The minimum atomic E-state index is -0.143. The van der Waals surface area contributed by atoms with Gasteiger partial charge in [-0.1, -0.05) is 0 Å². The van der Waals surface area contributed by atoms with E-state index in [9.17, 15) is 9.59 Å². The van der Waals surface area contributed by atoms with Gasteiger partial charge in [-0.3, -0.25) is 14.5 Å². The minimum absolute atomic E-state index is 0. The van der Waals surface area contributed by atoms with Gasteiger partial charge in [0.05, 0.1) is 12.5 Å². The van der Waals surface area contributed by atoms with E-state index in [4.69, 9.17) is 5.26 Å². The van der Waals surface area contributed by atoms with Gasteiger partial charge in [-0.25, -0.2) is 0 Å². The fraction of sp³-hybridized carbons (Fsp3) is 0.591. The molecule has 158 valence electrons. The SMILES string of the molecule is CC(C)N1CCN(C(=O)C2CCN(c3ccc(C(=O)CC#N)cc3)CC2)CC1.Cl. The van der Waals surface area contributed by atoms with Crippen LogP contribution in [0.3, 0.4) is 0 Å². The Bertz CT molecular complexity index is 728. The predicted octanol–water partition coefficient (Wildman–Crippen LogP) is 2.97. The van der Waals surface area contributed by atoms with Crippen molar-refractivity contribution in [3.8, 4) is 6.07 Å². The Morgan fingerprint density at radius 1 is 1.03 bits per heavy atom. The third-order valence-electron chi connectivity index (χ3n) is 5.99. The Morgan fingerprint density at radius 3 is 2.14 bits per heavy atom. The normalized spacial score (nSPS) is 18.3. The molecule has 6 nitrogen and oxygen atoms in total. The zero-order valence-corrected chi connectivity index (χ0v) is 18.2. The topological polar surface area (TPSA) is 67.7 Å². The lowest BCUT2D eigenvalue weighted by Gasteiger charge is -2.40. The molecule has 2 fully saturated rings. The van der Waals surface area contributed by atoms with Gasteiger partial charge < -0.3 is 9.80 Å². The molecule has 29 heavy (non-hydrogen) atoms. The van der Waals surface area contributed by atoms with Crippen molar-refractivity contribution in [1.29, 1.82) is 5.26 Å². The van der Waals surface area contributed by atoms with E-state index in [0.29, 0.717) is 17.5 Å². The van der Waals surface area contributed by atoms with Crippen molar-refractivity contribution in [2.24, 2.45) is 5.92 Å². The third-order valence-corrected chi connectivity index (χ3v) is 5.99. The number of rotatable bonds is 5. The maximum absolute atomic E-state index is 12.9. The molecule has 0 aromatic heterocycles. The second kappa shape index (κ2) is 10.6. The molecule has 0 spiro atoms. The van der Waals surface area contributed by atoms with E-state index in [-0.39, 0.29) is 30.5 Å². The zero-order valence-electron chi connectivity index (χ0n) is 17.3. The van der Waals surface area contributed by atoms with Crippen LogP contribution in [0.25, 0.3) is 0 Å². The zero-order chi connectivity index (χ0) is 20.1. The monoisotopic (exact) mass is 418 g/mol. The molecule has 1 amide bonds. The van der Waals surface area contributed by atoms with Gasteiger partial charge in [0.25, 0.3) is 0 Å². The van der Waals surface area contributed by atoms with Gasteiger partial charge in [0.2, 0.25) is 5.91 Å². The van der Waals surface area contributed by atoms with Crippen LogP contribution in [0.4, 0.5) is 5.69 Å². The van der Waals surface area contributed by atoms with Gasteiger partial charge in [0.15, 0.2) is 5.78 Å². The Hall–Kier alpha value is -2.10. The van der Waals surface area contributed by atoms with Gasteiger partial charge >= 0.3 is 0 Å². The highest BCUT2D eigenvalue weighted by Crippen LogP contribution is 2.25. The molecule has 2 aliphatic rings. The van der Waals surface area contributed by atoms with Crippen LogP contribution in [-0.4, -0.2) is 66.8 Å². The molecule has 0 N–H and O–H groups in total. The largest absolute Gasteiger partial charge is 0.371 e. The number of halogens is 1. The maximum Gasteiger partial charge on any atom is 0.225 e. The number of Topliss-reactive ketones (excluding diaryl/α,β-unsaturated/α-hetero) is 1. The fourth-order valence-electron chi connectivity index (χ4n) is 4.13. The number of amides is 1. The number of ketones is 1. The quantitative estimate of drug-likeness (QED) is 0.687. The molecule has 1 aromatic carbocycles. The van der Waals surface area contributed by atoms with E-state index in [1.165, 1.54) is 0 Å². The van der Waals surface area contributed by atoms with Gasteiger partial charge in [0, 0.05) is 62.5 Å². The van der Waals surface area contributed by atoms with Crippen LogP contribution < -0.4 is 4.90 Å². The Balaban J connectivity index is 0.00000300. The predicted molar refractivity (Wildman–Crippen MR) is 116 cm³/mol. The first-order valence-electron chi connectivity index (χ1n) is 10.3. The van der Waals surface area contributed by atoms with Crippen LogP contribution in [0, 0.1) is 17.2 Å². The first-order valence-corrected chi connectivity index (χ1v) is 10.3. The van der Waals surface area contributed by atoms with Crippen molar-refractivity contribution in [1.82, 2.24) is 9.80 Å². The summed E-state index contributed by atoms with van der Waals surface area (Å²) in [6, 6.07) is 9.91. The van der Waals surface area contributed by atoms with Gasteiger partial charge in [-0.05, 0) is 51.0 Å². The molecule has 2 aliphatic heterocycles. The summed E-state index contributed by atoms with van der Waals surface area (Å²) in [5.41, 5.74) is 1.65. The fourth-order valence-corrected chi connectivity index (χ4v) is 4.13. The first kappa shape index (κ1) is 23.2. The molecule has 1 aromatic rings. The number of hydrogen-bond acceptors (Lipinski definition) is 5. The molecule has 3 rings (SSSR count). The summed E-state index contributed by atoms with van der Waals surface area (Å²) in [6.07, 6.45) is 1.66. The first-order chi connectivity index (χ1) is 13.5. The Labute approximate surface area is 179 Å².